The first-order valence-electron chi connectivity index (χ1n) is 13.6. The maximum Gasteiger partial charge on any atom is 0.141 e. The molecule has 6 aromatic carbocycles. The van der Waals surface area contributed by atoms with Crippen molar-refractivity contribution in [2.75, 3.05) is 0 Å². The maximum atomic E-state index is 12.9. The van der Waals surface area contributed by atoms with Crippen LogP contribution < -0.4 is 0 Å². The molecule has 2 heteroatoms. The third-order valence-electron chi connectivity index (χ3n) is 8.20. The lowest BCUT2D eigenvalue weighted by atomic mass is 9.62. The zero-order valence-corrected chi connectivity index (χ0v) is 21.9. The highest BCUT2D eigenvalue weighted by Gasteiger charge is 2.51. The number of hydrogen-bond donors (Lipinski definition) is 2. The summed E-state index contributed by atoms with van der Waals surface area (Å²) < 4.78 is 0. The number of rotatable bonds is 4. The van der Waals surface area contributed by atoms with Gasteiger partial charge in [-0.1, -0.05) is 146 Å². The molecule has 0 bridgehead atoms. The molecule has 0 unspecified atom stereocenters. The summed E-state index contributed by atoms with van der Waals surface area (Å²) in [6.45, 7) is 0. The molecule has 0 heterocycles. The fourth-order valence-electron chi connectivity index (χ4n) is 6.30. The Morgan fingerprint density at radius 3 is 0.975 bits per heavy atom. The third-order valence-corrected chi connectivity index (χ3v) is 8.20. The zero-order chi connectivity index (χ0) is 27.2. The smallest absolute Gasteiger partial charge is 0.141 e. The molecule has 0 spiro atoms. The standard InChI is InChI=1S/C38H28O2/c39-37(29-19-9-3-10-20-29)33-23-13-14-24-34(33)38(40,30-21-11-4-12-22-30)36-26-32(28-17-7-2-8-18-28)31(25-35(36)37)27-15-5-1-6-16-27/h1-26,39-40H/t37-,38-/m0/s1. The first-order chi connectivity index (χ1) is 19.6. The molecule has 40 heavy (non-hydrogen) atoms. The van der Waals surface area contributed by atoms with Gasteiger partial charge in [0, 0.05) is 11.1 Å². The molecule has 0 amide bonds. The van der Waals surface area contributed by atoms with Crippen molar-refractivity contribution in [2.24, 2.45) is 0 Å². The highest BCUT2D eigenvalue weighted by molar-refractivity contribution is 5.86. The van der Waals surface area contributed by atoms with Crippen molar-refractivity contribution in [3.63, 3.8) is 0 Å². The van der Waals surface area contributed by atoms with E-state index < -0.39 is 11.2 Å². The first kappa shape index (κ1) is 24.3. The van der Waals surface area contributed by atoms with Crippen molar-refractivity contribution in [3.05, 3.63) is 191 Å². The van der Waals surface area contributed by atoms with Crippen LogP contribution >= 0.6 is 0 Å². The molecule has 0 radical (unpaired) electrons. The monoisotopic (exact) mass is 516 g/mol. The molecule has 1 aliphatic carbocycles. The van der Waals surface area contributed by atoms with E-state index in [0.29, 0.717) is 22.3 Å². The minimum atomic E-state index is -1.48. The van der Waals surface area contributed by atoms with Gasteiger partial charge >= 0.3 is 0 Å². The fraction of sp³-hybridized carbons (Fsp3) is 0.0526. The molecule has 192 valence electrons. The Bertz CT molecular complexity index is 1660. The molecule has 2 nitrogen and oxygen atoms in total. The van der Waals surface area contributed by atoms with E-state index in [9.17, 15) is 10.2 Å². The van der Waals surface area contributed by atoms with E-state index >= 15 is 0 Å². The molecule has 0 fully saturated rings. The van der Waals surface area contributed by atoms with E-state index in [-0.39, 0.29) is 0 Å². The summed E-state index contributed by atoms with van der Waals surface area (Å²) in [6, 6.07) is 52.0. The van der Waals surface area contributed by atoms with Crippen molar-refractivity contribution in [1.82, 2.24) is 0 Å². The zero-order valence-electron chi connectivity index (χ0n) is 21.9. The molecule has 7 rings (SSSR count). The molecule has 6 aromatic rings. The Kier molecular flexibility index (Phi) is 5.74. The Hall–Kier alpha value is -4.76. The minimum Gasteiger partial charge on any atom is -0.376 e. The Morgan fingerprint density at radius 1 is 0.325 bits per heavy atom. The van der Waals surface area contributed by atoms with E-state index in [2.05, 4.69) is 36.4 Å². The van der Waals surface area contributed by atoms with Gasteiger partial charge in [0.1, 0.15) is 11.2 Å². The number of fused-ring (bicyclic) bond motifs is 2. The van der Waals surface area contributed by atoms with Crippen molar-refractivity contribution < 1.29 is 10.2 Å². The highest BCUT2D eigenvalue weighted by Crippen LogP contribution is 2.55. The van der Waals surface area contributed by atoms with Crippen LogP contribution in [0.5, 0.6) is 0 Å². The maximum absolute atomic E-state index is 12.9. The van der Waals surface area contributed by atoms with Gasteiger partial charge in [-0.2, -0.15) is 0 Å². The lowest BCUT2D eigenvalue weighted by Gasteiger charge is -2.45. The van der Waals surface area contributed by atoms with E-state index in [0.717, 1.165) is 33.4 Å². The average molecular weight is 517 g/mol. The Labute approximate surface area is 234 Å². The molecule has 0 aliphatic heterocycles. The lowest BCUT2D eigenvalue weighted by Crippen LogP contribution is -2.44. The topological polar surface area (TPSA) is 40.5 Å². The Morgan fingerprint density at radius 2 is 0.625 bits per heavy atom. The van der Waals surface area contributed by atoms with Gasteiger partial charge < -0.3 is 10.2 Å². The molecule has 0 saturated heterocycles. The number of benzene rings is 6. The van der Waals surface area contributed by atoms with Crippen LogP contribution in [0.15, 0.2) is 158 Å². The van der Waals surface area contributed by atoms with E-state index in [4.69, 9.17) is 0 Å². The summed E-state index contributed by atoms with van der Waals surface area (Å²) in [5.41, 5.74) is 5.31. The van der Waals surface area contributed by atoms with Gasteiger partial charge in [-0.15, -0.1) is 0 Å². The van der Waals surface area contributed by atoms with Gasteiger partial charge in [0.15, 0.2) is 0 Å². The van der Waals surface area contributed by atoms with Crippen LogP contribution in [-0.4, -0.2) is 10.2 Å². The first-order valence-corrected chi connectivity index (χ1v) is 13.6. The third kappa shape index (κ3) is 3.58. The minimum absolute atomic E-state index is 0.669. The van der Waals surface area contributed by atoms with Crippen molar-refractivity contribution in [2.45, 2.75) is 11.2 Å². The summed E-state index contributed by atoms with van der Waals surface area (Å²) in [7, 11) is 0. The summed E-state index contributed by atoms with van der Waals surface area (Å²) in [5.74, 6) is 0. The molecular formula is C38H28O2. The molecular weight excluding hydrogens is 488 g/mol. The molecule has 2 atom stereocenters. The predicted molar refractivity (Wildman–Crippen MR) is 161 cm³/mol. The Balaban J connectivity index is 1.66. The normalized spacial score (nSPS) is 19.4. The number of aliphatic hydroxyl groups is 2. The van der Waals surface area contributed by atoms with Crippen LogP contribution in [0, 0.1) is 0 Å². The van der Waals surface area contributed by atoms with Crippen molar-refractivity contribution >= 4 is 0 Å². The molecule has 1 aliphatic rings. The SMILES string of the molecule is O[C@@]1(c2ccccc2)c2ccccc2[C@@](O)(c2ccccc2)c2cc(-c3ccccc3)c(-c3ccccc3)cc21. The van der Waals surface area contributed by atoms with Gasteiger partial charge in [-0.05, 0) is 56.6 Å². The number of hydrogen-bond acceptors (Lipinski definition) is 2. The van der Waals surface area contributed by atoms with Crippen molar-refractivity contribution in [3.8, 4) is 22.3 Å². The van der Waals surface area contributed by atoms with Gasteiger partial charge in [-0.3, -0.25) is 0 Å². The van der Waals surface area contributed by atoms with Gasteiger partial charge in [0.05, 0.1) is 0 Å². The van der Waals surface area contributed by atoms with Crippen LogP contribution in [0.1, 0.15) is 33.4 Å². The largest absolute Gasteiger partial charge is 0.376 e. The second-order valence-electron chi connectivity index (χ2n) is 10.4. The van der Waals surface area contributed by atoms with Gasteiger partial charge in [-0.25, -0.2) is 0 Å². The van der Waals surface area contributed by atoms with Crippen LogP contribution in [0.4, 0.5) is 0 Å². The molecule has 2 N–H and O–H groups in total. The predicted octanol–water partition coefficient (Wildman–Crippen LogP) is 7.90. The fourth-order valence-corrected chi connectivity index (χ4v) is 6.30. The lowest BCUT2D eigenvalue weighted by molar-refractivity contribution is 0.0749. The van der Waals surface area contributed by atoms with E-state index in [1.807, 2.05) is 121 Å². The molecule has 0 saturated carbocycles. The highest BCUT2D eigenvalue weighted by atomic mass is 16.3. The van der Waals surface area contributed by atoms with Gasteiger partial charge in [0.25, 0.3) is 0 Å². The van der Waals surface area contributed by atoms with Crippen LogP contribution in [-0.2, 0) is 11.2 Å². The molecule has 0 aromatic heterocycles. The summed E-state index contributed by atoms with van der Waals surface area (Å²) in [4.78, 5) is 0. The van der Waals surface area contributed by atoms with Gasteiger partial charge in [0.2, 0.25) is 0 Å². The van der Waals surface area contributed by atoms with E-state index in [1.54, 1.807) is 0 Å². The van der Waals surface area contributed by atoms with Crippen LogP contribution in [0.3, 0.4) is 0 Å². The average Bonchev–Trinajstić information content (AvgIpc) is 3.05. The summed E-state index contributed by atoms with van der Waals surface area (Å²) in [6.07, 6.45) is 0. The van der Waals surface area contributed by atoms with Crippen LogP contribution in [0.2, 0.25) is 0 Å². The summed E-state index contributed by atoms with van der Waals surface area (Å²) >= 11 is 0. The second-order valence-corrected chi connectivity index (χ2v) is 10.4. The van der Waals surface area contributed by atoms with Crippen LogP contribution in [0.25, 0.3) is 22.3 Å². The van der Waals surface area contributed by atoms with E-state index in [1.165, 1.54) is 0 Å². The second kappa shape index (κ2) is 9.46. The summed E-state index contributed by atoms with van der Waals surface area (Å²) in [5, 5.41) is 25.9. The quantitative estimate of drug-likeness (QED) is 0.250. The van der Waals surface area contributed by atoms with Crippen molar-refractivity contribution in [1.29, 1.82) is 0 Å².